The van der Waals surface area contributed by atoms with Gasteiger partial charge in [0.05, 0.1) is 24.4 Å². The minimum absolute atomic E-state index is 0.256. The first kappa shape index (κ1) is 10.4. The van der Waals surface area contributed by atoms with Gasteiger partial charge in [0.1, 0.15) is 0 Å². The van der Waals surface area contributed by atoms with Gasteiger partial charge in [-0.3, -0.25) is 0 Å². The van der Waals surface area contributed by atoms with Crippen molar-refractivity contribution in [1.82, 2.24) is 0 Å². The highest BCUT2D eigenvalue weighted by atomic mass is 16.3. The molecule has 4 atom stereocenters. The summed E-state index contributed by atoms with van der Waals surface area (Å²) in [5.41, 5.74) is 0. The van der Waals surface area contributed by atoms with Gasteiger partial charge < -0.3 is 20.4 Å². The predicted octanol–water partition coefficient (Wildman–Crippen LogP) is -0.750. The van der Waals surface area contributed by atoms with Crippen molar-refractivity contribution in [3.05, 3.63) is 0 Å². The second-order valence-electron chi connectivity index (χ2n) is 4.73. The highest BCUT2D eigenvalue weighted by molar-refractivity contribution is 4.92. The fraction of sp³-hybridized carbons (Fsp3) is 1.00. The summed E-state index contributed by atoms with van der Waals surface area (Å²) in [4.78, 5) is 0. The van der Waals surface area contributed by atoms with Crippen molar-refractivity contribution >= 4 is 0 Å². The van der Waals surface area contributed by atoms with E-state index < -0.39 is 24.4 Å². The van der Waals surface area contributed by atoms with Crippen molar-refractivity contribution in [3.63, 3.8) is 0 Å². The summed E-state index contributed by atoms with van der Waals surface area (Å²) in [5, 5.41) is 37.5. The molecule has 82 valence electrons. The fourth-order valence-electron chi connectivity index (χ4n) is 2.83. The van der Waals surface area contributed by atoms with Crippen LogP contribution in [0.3, 0.4) is 0 Å². The zero-order valence-electron chi connectivity index (χ0n) is 8.08. The third kappa shape index (κ3) is 1.80. The number of aliphatic hydroxyl groups excluding tert-OH is 4. The molecule has 4 heteroatoms. The minimum atomic E-state index is -0.616. The van der Waals surface area contributed by atoms with Crippen LogP contribution in [0.25, 0.3) is 0 Å². The molecule has 0 aromatic heterocycles. The van der Waals surface area contributed by atoms with Crippen LogP contribution < -0.4 is 0 Å². The molecule has 4 nitrogen and oxygen atoms in total. The molecular formula is C10H18O4. The Bertz CT molecular complexity index is 166. The van der Waals surface area contributed by atoms with E-state index in [1.165, 1.54) is 0 Å². The molecule has 2 aliphatic carbocycles. The SMILES string of the molecule is OC1CC(C2CC(O)C(O)C2)CC1O. The molecule has 0 bridgehead atoms. The van der Waals surface area contributed by atoms with Crippen molar-refractivity contribution in [1.29, 1.82) is 0 Å². The molecule has 0 amide bonds. The monoisotopic (exact) mass is 202 g/mol. The van der Waals surface area contributed by atoms with Crippen molar-refractivity contribution in [3.8, 4) is 0 Å². The molecular weight excluding hydrogens is 184 g/mol. The lowest BCUT2D eigenvalue weighted by molar-refractivity contribution is 0.0438. The average Bonchev–Trinajstić information content (AvgIpc) is 2.60. The van der Waals surface area contributed by atoms with Gasteiger partial charge in [0.25, 0.3) is 0 Å². The summed E-state index contributed by atoms with van der Waals surface area (Å²) in [7, 11) is 0. The first-order valence-electron chi connectivity index (χ1n) is 5.30. The molecule has 2 fully saturated rings. The van der Waals surface area contributed by atoms with Crippen LogP contribution in [0.5, 0.6) is 0 Å². The first-order chi connectivity index (χ1) is 6.58. The molecule has 0 radical (unpaired) electrons. The van der Waals surface area contributed by atoms with E-state index in [0.717, 1.165) is 0 Å². The van der Waals surface area contributed by atoms with Gasteiger partial charge in [0.15, 0.2) is 0 Å². The number of aliphatic hydroxyl groups is 4. The van der Waals surface area contributed by atoms with E-state index in [-0.39, 0.29) is 11.8 Å². The minimum Gasteiger partial charge on any atom is -0.390 e. The third-order valence-electron chi connectivity index (χ3n) is 3.73. The van der Waals surface area contributed by atoms with Crippen molar-refractivity contribution in [2.45, 2.75) is 50.1 Å². The van der Waals surface area contributed by atoms with Crippen molar-refractivity contribution < 1.29 is 20.4 Å². The average molecular weight is 202 g/mol. The highest BCUT2D eigenvalue weighted by Gasteiger charge is 2.41. The van der Waals surface area contributed by atoms with Gasteiger partial charge in [-0.15, -0.1) is 0 Å². The molecule has 0 spiro atoms. The Labute approximate surface area is 83.2 Å². The maximum absolute atomic E-state index is 9.39. The van der Waals surface area contributed by atoms with E-state index in [9.17, 15) is 20.4 Å². The van der Waals surface area contributed by atoms with Gasteiger partial charge in [-0.25, -0.2) is 0 Å². The van der Waals surface area contributed by atoms with Crippen LogP contribution in [0.4, 0.5) is 0 Å². The van der Waals surface area contributed by atoms with Gasteiger partial charge in [-0.1, -0.05) is 0 Å². The number of rotatable bonds is 1. The second-order valence-corrected chi connectivity index (χ2v) is 4.73. The zero-order chi connectivity index (χ0) is 10.3. The van der Waals surface area contributed by atoms with Crippen molar-refractivity contribution in [2.24, 2.45) is 11.8 Å². The van der Waals surface area contributed by atoms with Crippen LogP contribution >= 0.6 is 0 Å². The second kappa shape index (κ2) is 3.77. The van der Waals surface area contributed by atoms with Gasteiger partial charge in [0, 0.05) is 0 Å². The van der Waals surface area contributed by atoms with Gasteiger partial charge in [-0.2, -0.15) is 0 Å². The van der Waals surface area contributed by atoms with Crippen LogP contribution in [0.15, 0.2) is 0 Å². The maximum atomic E-state index is 9.39. The Morgan fingerprint density at radius 2 is 0.714 bits per heavy atom. The van der Waals surface area contributed by atoms with E-state index in [2.05, 4.69) is 0 Å². The Morgan fingerprint density at radius 3 is 0.929 bits per heavy atom. The van der Waals surface area contributed by atoms with E-state index in [1.807, 2.05) is 0 Å². The molecule has 2 rings (SSSR count). The van der Waals surface area contributed by atoms with E-state index in [4.69, 9.17) is 0 Å². The van der Waals surface area contributed by atoms with Gasteiger partial charge >= 0.3 is 0 Å². The molecule has 4 unspecified atom stereocenters. The summed E-state index contributed by atoms with van der Waals surface area (Å²) in [5.74, 6) is 0.513. The van der Waals surface area contributed by atoms with Crippen LogP contribution in [-0.4, -0.2) is 44.8 Å². The Hall–Kier alpha value is -0.160. The Balaban J connectivity index is 1.92. The number of hydrogen-bond acceptors (Lipinski definition) is 4. The van der Waals surface area contributed by atoms with Gasteiger partial charge in [-0.05, 0) is 37.5 Å². The Morgan fingerprint density at radius 1 is 0.500 bits per heavy atom. The third-order valence-corrected chi connectivity index (χ3v) is 3.73. The zero-order valence-corrected chi connectivity index (χ0v) is 8.08. The largest absolute Gasteiger partial charge is 0.390 e. The first-order valence-corrected chi connectivity index (χ1v) is 5.30. The quantitative estimate of drug-likeness (QED) is 0.451. The lowest BCUT2D eigenvalue weighted by atomic mass is 9.89. The normalized spacial score (nSPS) is 54.0. The maximum Gasteiger partial charge on any atom is 0.0802 e. The molecule has 0 heterocycles. The lowest BCUT2D eigenvalue weighted by Crippen LogP contribution is -2.17. The predicted molar refractivity (Wildman–Crippen MR) is 49.5 cm³/mol. The van der Waals surface area contributed by atoms with Crippen LogP contribution in [0.2, 0.25) is 0 Å². The molecule has 0 aromatic carbocycles. The molecule has 0 aliphatic heterocycles. The van der Waals surface area contributed by atoms with E-state index >= 15 is 0 Å². The molecule has 14 heavy (non-hydrogen) atoms. The molecule has 0 saturated heterocycles. The van der Waals surface area contributed by atoms with E-state index in [0.29, 0.717) is 25.7 Å². The molecule has 0 aromatic rings. The van der Waals surface area contributed by atoms with Crippen molar-refractivity contribution in [2.75, 3.05) is 0 Å². The van der Waals surface area contributed by atoms with E-state index in [1.54, 1.807) is 0 Å². The smallest absolute Gasteiger partial charge is 0.0802 e. The molecule has 2 saturated carbocycles. The fourth-order valence-corrected chi connectivity index (χ4v) is 2.83. The van der Waals surface area contributed by atoms with Gasteiger partial charge in [0.2, 0.25) is 0 Å². The summed E-state index contributed by atoms with van der Waals surface area (Å²) in [6.07, 6.45) is -0.0536. The summed E-state index contributed by atoms with van der Waals surface area (Å²) >= 11 is 0. The van der Waals surface area contributed by atoms with Crippen LogP contribution in [-0.2, 0) is 0 Å². The molecule has 4 N–H and O–H groups in total. The standard InChI is InChI=1S/C10H18O4/c11-7-1-5(2-8(7)12)6-3-9(13)10(14)4-6/h5-14H,1-4H2. The van der Waals surface area contributed by atoms with Crippen LogP contribution in [0, 0.1) is 11.8 Å². The topological polar surface area (TPSA) is 80.9 Å². The lowest BCUT2D eigenvalue weighted by Gasteiger charge is -2.16. The highest BCUT2D eigenvalue weighted by Crippen LogP contribution is 2.40. The summed E-state index contributed by atoms with van der Waals surface area (Å²) < 4.78 is 0. The summed E-state index contributed by atoms with van der Waals surface area (Å²) in [6, 6.07) is 0. The van der Waals surface area contributed by atoms with Crippen LogP contribution in [0.1, 0.15) is 25.7 Å². The Kier molecular flexibility index (Phi) is 2.79. The summed E-state index contributed by atoms with van der Waals surface area (Å²) in [6.45, 7) is 0. The number of hydrogen-bond donors (Lipinski definition) is 4. The molecule has 2 aliphatic rings.